The van der Waals surface area contributed by atoms with Gasteiger partial charge in [0, 0.05) is 17.5 Å². The van der Waals surface area contributed by atoms with Crippen molar-refractivity contribution in [2.45, 2.75) is 36.6 Å². The molecule has 2 N–H and O–H groups in total. The molecule has 0 amide bonds. The molecule has 1 aromatic carbocycles. The van der Waals surface area contributed by atoms with Gasteiger partial charge in [0.15, 0.2) is 0 Å². The fourth-order valence-corrected chi connectivity index (χ4v) is 3.00. The van der Waals surface area contributed by atoms with E-state index in [1.165, 1.54) is 5.56 Å². The van der Waals surface area contributed by atoms with E-state index in [1.54, 1.807) is 18.0 Å². The molecule has 2 rings (SSSR count). The Hall–Kier alpha value is -1.03. The van der Waals surface area contributed by atoms with E-state index in [0.29, 0.717) is 5.02 Å². The SMILES string of the molecule is CCc1ccc(C(N)C(C)Sc2ccc(Cl)cn2)cc1. The lowest BCUT2D eigenvalue weighted by atomic mass is 10.0. The Bertz CT molecular complexity index is 539. The van der Waals surface area contributed by atoms with Crippen molar-refractivity contribution < 1.29 is 0 Å². The molecule has 2 aromatic rings. The van der Waals surface area contributed by atoms with E-state index in [-0.39, 0.29) is 11.3 Å². The van der Waals surface area contributed by atoms with Gasteiger partial charge >= 0.3 is 0 Å². The molecule has 0 bridgehead atoms. The summed E-state index contributed by atoms with van der Waals surface area (Å²) in [4.78, 5) is 4.30. The van der Waals surface area contributed by atoms with Crippen LogP contribution in [0, 0.1) is 0 Å². The molecule has 0 aliphatic carbocycles. The third kappa shape index (κ3) is 3.98. The number of halogens is 1. The van der Waals surface area contributed by atoms with E-state index in [9.17, 15) is 0 Å². The second kappa shape index (κ2) is 7.11. The third-order valence-electron chi connectivity index (χ3n) is 3.29. The van der Waals surface area contributed by atoms with Crippen LogP contribution in [0.4, 0.5) is 0 Å². The first-order valence-corrected chi connectivity index (χ1v) is 7.98. The molecule has 0 spiro atoms. The summed E-state index contributed by atoms with van der Waals surface area (Å²) in [6, 6.07) is 12.3. The lowest BCUT2D eigenvalue weighted by Crippen LogP contribution is -2.21. The Labute approximate surface area is 129 Å². The van der Waals surface area contributed by atoms with Gasteiger partial charge < -0.3 is 5.73 Å². The Kier molecular flexibility index (Phi) is 5.46. The summed E-state index contributed by atoms with van der Waals surface area (Å²) in [6.45, 7) is 4.28. The minimum absolute atomic E-state index is 0.0108. The molecule has 0 fully saturated rings. The van der Waals surface area contributed by atoms with Crippen LogP contribution in [-0.4, -0.2) is 10.2 Å². The van der Waals surface area contributed by atoms with E-state index in [0.717, 1.165) is 17.0 Å². The molecule has 0 aliphatic heterocycles. The number of hydrogen-bond donors (Lipinski definition) is 1. The first kappa shape index (κ1) is 15.4. The van der Waals surface area contributed by atoms with Gasteiger partial charge in [0.25, 0.3) is 0 Å². The molecule has 4 heteroatoms. The van der Waals surface area contributed by atoms with Crippen LogP contribution in [0.15, 0.2) is 47.6 Å². The smallest absolute Gasteiger partial charge is 0.0964 e. The van der Waals surface area contributed by atoms with Crippen LogP contribution in [0.1, 0.15) is 31.0 Å². The molecule has 2 atom stereocenters. The number of rotatable bonds is 5. The van der Waals surface area contributed by atoms with Gasteiger partial charge in [-0.3, -0.25) is 0 Å². The van der Waals surface area contributed by atoms with Crippen molar-refractivity contribution in [1.29, 1.82) is 0 Å². The van der Waals surface area contributed by atoms with Crippen molar-refractivity contribution in [3.63, 3.8) is 0 Å². The maximum atomic E-state index is 6.33. The first-order valence-electron chi connectivity index (χ1n) is 6.72. The molecule has 0 saturated heterocycles. The predicted octanol–water partition coefficient (Wildman–Crippen LogP) is 4.48. The molecule has 106 valence electrons. The molecule has 0 radical (unpaired) electrons. The number of hydrogen-bond acceptors (Lipinski definition) is 3. The summed E-state index contributed by atoms with van der Waals surface area (Å²) in [5.74, 6) is 0. The van der Waals surface area contributed by atoms with Gasteiger partial charge in [-0.15, -0.1) is 11.8 Å². The number of nitrogens with zero attached hydrogens (tertiary/aromatic N) is 1. The van der Waals surface area contributed by atoms with Gasteiger partial charge in [0.05, 0.1) is 10.0 Å². The number of aryl methyl sites for hydroxylation is 1. The molecule has 2 unspecified atom stereocenters. The van der Waals surface area contributed by atoms with Gasteiger partial charge in [0.1, 0.15) is 0 Å². The molecule has 20 heavy (non-hydrogen) atoms. The van der Waals surface area contributed by atoms with Crippen LogP contribution in [0.5, 0.6) is 0 Å². The topological polar surface area (TPSA) is 38.9 Å². The van der Waals surface area contributed by atoms with Crippen LogP contribution in [0.2, 0.25) is 5.02 Å². The van der Waals surface area contributed by atoms with Crippen molar-refractivity contribution in [3.05, 3.63) is 58.7 Å². The lowest BCUT2D eigenvalue weighted by molar-refractivity contribution is 0.713. The highest BCUT2D eigenvalue weighted by atomic mass is 35.5. The van der Waals surface area contributed by atoms with E-state index in [2.05, 4.69) is 43.1 Å². The Morgan fingerprint density at radius 1 is 1.20 bits per heavy atom. The molecule has 2 nitrogen and oxygen atoms in total. The van der Waals surface area contributed by atoms with Crippen molar-refractivity contribution in [2.75, 3.05) is 0 Å². The van der Waals surface area contributed by atoms with E-state index in [4.69, 9.17) is 17.3 Å². The van der Waals surface area contributed by atoms with E-state index < -0.39 is 0 Å². The van der Waals surface area contributed by atoms with Crippen LogP contribution in [0.3, 0.4) is 0 Å². The van der Waals surface area contributed by atoms with Crippen molar-refractivity contribution in [2.24, 2.45) is 5.73 Å². The first-order chi connectivity index (χ1) is 9.60. The minimum Gasteiger partial charge on any atom is -0.323 e. The van der Waals surface area contributed by atoms with Crippen LogP contribution >= 0.6 is 23.4 Å². The van der Waals surface area contributed by atoms with Crippen molar-refractivity contribution in [3.8, 4) is 0 Å². The summed E-state index contributed by atoms with van der Waals surface area (Å²) in [6.07, 6.45) is 2.71. The number of benzene rings is 1. The third-order valence-corrected chi connectivity index (χ3v) is 4.66. The molecule has 1 aromatic heterocycles. The second-order valence-corrected chi connectivity index (χ2v) is 6.59. The lowest BCUT2D eigenvalue weighted by Gasteiger charge is -2.19. The monoisotopic (exact) mass is 306 g/mol. The molecule has 0 saturated carbocycles. The molecule has 1 heterocycles. The largest absolute Gasteiger partial charge is 0.323 e. The average molecular weight is 307 g/mol. The van der Waals surface area contributed by atoms with Crippen molar-refractivity contribution in [1.82, 2.24) is 4.98 Å². The number of pyridine rings is 1. The van der Waals surface area contributed by atoms with Gasteiger partial charge in [0.2, 0.25) is 0 Å². The zero-order valence-corrected chi connectivity index (χ0v) is 13.3. The maximum Gasteiger partial charge on any atom is 0.0964 e. The highest BCUT2D eigenvalue weighted by molar-refractivity contribution is 7.99. The van der Waals surface area contributed by atoms with Crippen LogP contribution < -0.4 is 5.73 Å². The summed E-state index contributed by atoms with van der Waals surface area (Å²) >= 11 is 7.51. The van der Waals surface area contributed by atoms with Crippen LogP contribution in [0.25, 0.3) is 0 Å². The van der Waals surface area contributed by atoms with Gasteiger partial charge in [-0.2, -0.15) is 0 Å². The van der Waals surface area contributed by atoms with Gasteiger partial charge in [-0.1, -0.05) is 49.7 Å². The number of nitrogens with two attached hydrogens (primary N) is 1. The quantitative estimate of drug-likeness (QED) is 0.828. The maximum absolute atomic E-state index is 6.33. The summed E-state index contributed by atoms with van der Waals surface area (Å²) < 4.78 is 0. The normalized spacial score (nSPS) is 14.0. The Morgan fingerprint density at radius 2 is 1.90 bits per heavy atom. The van der Waals surface area contributed by atoms with Gasteiger partial charge in [-0.25, -0.2) is 4.98 Å². The summed E-state index contributed by atoms with van der Waals surface area (Å²) in [5, 5.41) is 1.85. The summed E-state index contributed by atoms with van der Waals surface area (Å²) in [5.41, 5.74) is 8.83. The Balaban J connectivity index is 2.03. The van der Waals surface area contributed by atoms with Gasteiger partial charge in [-0.05, 0) is 29.7 Å². The van der Waals surface area contributed by atoms with Crippen molar-refractivity contribution >= 4 is 23.4 Å². The fraction of sp³-hybridized carbons (Fsp3) is 0.312. The summed E-state index contributed by atoms with van der Waals surface area (Å²) in [7, 11) is 0. The second-order valence-electron chi connectivity index (χ2n) is 4.76. The fourth-order valence-electron chi connectivity index (χ4n) is 1.94. The highest BCUT2D eigenvalue weighted by Crippen LogP contribution is 2.30. The molecule has 0 aliphatic rings. The zero-order valence-electron chi connectivity index (χ0n) is 11.7. The zero-order chi connectivity index (χ0) is 14.5. The highest BCUT2D eigenvalue weighted by Gasteiger charge is 2.16. The van der Waals surface area contributed by atoms with Crippen LogP contribution in [-0.2, 0) is 6.42 Å². The average Bonchev–Trinajstić information content (AvgIpc) is 2.49. The number of thioether (sulfide) groups is 1. The van der Waals surface area contributed by atoms with E-state index in [1.807, 2.05) is 12.1 Å². The predicted molar refractivity (Wildman–Crippen MR) is 87.3 cm³/mol. The standard InChI is InChI=1S/C16H19ClN2S/c1-3-12-4-6-13(7-5-12)16(18)11(2)20-15-9-8-14(17)10-19-15/h4-11,16H,3,18H2,1-2H3. The molecular weight excluding hydrogens is 288 g/mol. The van der Waals surface area contributed by atoms with E-state index >= 15 is 0 Å². The minimum atomic E-state index is -0.0108. The number of aromatic nitrogens is 1. The Morgan fingerprint density at radius 3 is 2.45 bits per heavy atom. The molecular formula is C16H19ClN2S.